The summed E-state index contributed by atoms with van der Waals surface area (Å²) >= 11 is 0. The molecule has 3 nitrogen and oxygen atoms in total. The van der Waals surface area contributed by atoms with Gasteiger partial charge in [0.25, 0.3) is 0 Å². The van der Waals surface area contributed by atoms with Crippen LogP contribution in [0.25, 0.3) is 0 Å². The summed E-state index contributed by atoms with van der Waals surface area (Å²) in [6.45, 7) is 0. The summed E-state index contributed by atoms with van der Waals surface area (Å²) in [4.78, 5) is 10.8. The SMILES string of the molecule is O=C1CCc2oncc21. The van der Waals surface area contributed by atoms with Gasteiger partial charge in [-0.05, 0) is 0 Å². The Hall–Kier alpha value is -1.12. The van der Waals surface area contributed by atoms with Gasteiger partial charge in [-0.2, -0.15) is 0 Å². The first-order chi connectivity index (χ1) is 4.38. The van der Waals surface area contributed by atoms with Crippen LogP contribution >= 0.6 is 0 Å². The number of rotatable bonds is 0. The van der Waals surface area contributed by atoms with Gasteiger partial charge in [-0.3, -0.25) is 4.79 Å². The number of aryl methyl sites for hydroxylation is 1. The van der Waals surface area contributed by atoms with Gasteiger partial charge in [0.05, 0.1) is 11.8 Å². The van der Waals surface area contributed by atoms with E-state index in [1.165, 1.54) is 6.20 Å². The lowest BCUT2D eigenvalue weighted by Gasteiger charge is -1.76. The second-order valence-electron chi connectivity index (χ2n) is 2.09. The molecule has 1 aromatic heterocycles. The molecular weight excluding hydrogens is 118 g/mol. The number of aromatic nitrogens is 1. The molecular formula is C6H5NO2. The van der Waals surface area contributed by atoms with Crippen molar-refractivity contribution in [3.63, 3.8) is 0 Å². The molecule has 3 heteroatoms. The maximum absolute atomic E-state index is 10.8. The van der Waals surface area contributed by atoms with Crippen LogP contribution in [0.2, 0.25) is 0 Å². The largest absolute Gasteiger partial charge is 0.361 e. The van der Waals surface area contributed by atoms with E-state index < -0.39 is 0 Å². The Balaban J connectivity index is 2.61. The molecule has 1 aliphatic carbocycles. The highest BCUT2D eigenvalue weighted by atomic mass is 16.5. The topological polar surface area (TPSA) is 43.1 Å². The predicted molar refractivity (Wildman–Crippen MR) is 29.2 cm³/mol. The highest BCUT2D eigenvalue weighted by Gasteiger charge is 2.22. The molecule has 0 radical (unpaired) electrons. The summed E-state index contributed by atoms with van der Waals surface area (Å²) in [6, 6.07) is 0. The van der Waals surface area contributed by atoms with Crippen LogP contribution in [0.4, 0.5) is 0 Å². The minimum atomic E-state index is 0.159. The van der Waals surface area contributed by atoms with Crippen LogP contribution in [-0.2, 0) is 6.42 Å². The summed E-state index contributed by atoms with van der Waals surface area (Å²) in [5.74, 6) is 0.909. The molecule has 0 unspecified atom stereocenters. The van der Waals surface area contributed by atoms with Gasteiger partial charge in [0.2, 0.25) is 0 Å². The molecule has 1 heterocycles. The van der Waals surface area contributed by atoms with Crippen molar-refractivity contribution < 1.29 is 9.32 Å². The number of carbonyl (C=O) groups excluding carboxylic acids is 1. The van der Waals surface area contributed by atoms with Gasteiger partial charge in [0.15, 0.2) is 5.78 Å². The standard InChI is InChI=1S/C6H5NO2/c8-5-1-2-6-4(5)3-7-9-6/h3H,1-2H2. The van der Waals surface area contributed by atoms with E-state index in [-0.39, 0.29) is 5.78 Å². The third kappa shape index (κ3) is 0.512. The molecule has 0 aromatic carbocycles. The van der Waals surface area contributed by atoms with Crippen molar-refractivity contribution >= 4 is 5.78 Å². The first-order valence-electron chi connectivity index (χ1n) is 2.84. The van der Waals surface area contributed by atoms with Crippen molar-refractivity contribution in [1.29, 1.82) is 0 Å². The van der Waals surface area contributed by atoms with Crippen LogP contribution in [0, 0.1) is 0 Å². The number of Topliss-reactive ketones (excluding diaryl/α,β-unsaturated/α-hetero) is 1. The second-order valence-corrected chi connectivity index (χ2v) is 2.09. The van der Waals surface area contributed by atoms with Crippen LogP contribution in [0.15, 0.2) is 10.7 Å². The number of hydrogen-bond donors (Lipinski definition) is 0. The fraction of sp³-hybridized carbons (Fsp3) is 0.333. The smallest absolute Gasteiger partial charge is 0.168 e. The van der Waals surface area contributed by atoms with Crippen LogP contribution < -0.4 is 0 Å². The second kappa shape index (κ2) is 1.43. The van der Waals surface area contributed by atoms with E-state index in [9.17, 15) is 4.79 Å². The lowest BCUT2D eigenvalue weighted by Crippen LogP contribution is -1.87. The van der Waals surface area contributed by atoms with Gasteiger partial charge in [-0.15, -0.1) is 0 Å². The average Bonchev–Trinajstić information content (AvgIpc) is 2.35. The number of ketones is 1. The zero-order valence-corrected chi connectivity index (χ0v) is 4.76. The summed E-state index contributed by atoms with van der Waals surface area (Å²) in [6.07, 6.45) is 2.82. The molecule has 0 saturated heterocycles. The molecule has 0 N–H and O–H groups in total. The van der Waals surface area contributed by atoms with E-state index in [2.05, 4.69) is 5.16 Å². The Labute approximate surface area is 51.6 Å². The number of carbonyl (C=O) groups is 1. The molecule has 1 aromatic rings. The monoisotopic (exact) mass is 123 g/mol. The fourth-order valence-corrected chi connectivity index (χ4v) is 1.03. The molecule has 2 rings (SSSR count). The Morgan fingerprint density at radius 1 is 1.56 bits per heavy atom. The number of hydrogen-bond acceptors (Lipinski definition) is 3. The Kier molecular flexibility index (Phi) is 0.754. The number of fused-ring (bicyclic) bond motifs is 1. The third-order valence-corrected chi connectivity index (χ3v) is 1.52. The van der Waals surface area contributed by atoms with Crippen molar-refractivity contribution in [3.8, 4) is 0 Å². The van der Waals surface area contributed by atoms with Gasteiger partial charge in [-0.1, -0.05) is 5.16 Å². The van der Waals surface area contributed by atoms with Gasteiger partial charge in [0, 0.05) is 12.8 Å². The third-order valence-electron chi connectivity index (χ3n) is 1.52. The summed E-state index contributed by atoms with van der Waals surface area (Å²) < 4.78 is 4.78. The van der Waals surface area contributed by atoms with E-state index in [0.29, 0.717) is 12.0 Å². The normalized spacial score (nSPS) is 16.2. The van der Waals surface area contributed by atoms with Crippen LogP contribution in [0.3, 0.4) is 0 Å². The fourth-order valence-electron chi connectivity index (χ4n) is 1.03. The number of nitrogens with zero attached hydrogens (tertiary/aromatic N) is 1. The lowest BCUT2D eigenvalue weighted by atomic mass is 10.3. The molecule has 46 valence electrons. The molecule has 1 aliphatic rings. The quantitative estimate of drug-likeness (QED) is 0.512. The van der Waals surface area contributed by atoms with Crippen molar-refractivity contribution in [2.75, 3.05) is 0 Å². The lowest BCUT2D eigenvalue weighted by molar-refractivity contribution is 0.0994. The van der Waals surface area contributed by atoms with Crippen LogP contribution in [-0.4, -0.2) is 10.9 Å². The van der Waals surface area contributed by atoms with Gasteiger partial charge in [-0.25, -0.2) is 0 Å². The van der Waals surface area contributed by atoms with E-state index in [1.807, 2.05) is 0 Å². The zero-order valence-electron chi connectivity index (χ0n) is 4.76. The zero-order chi connectivity index (χ0) is 6.27. The molecule has 0 atom stereocenters. The molecule has 0 spiro atoms. The first-order valence-corrected chi connectivity index (χ1v) is 2.84. The molecule has 0 amide bonds. The molecule has 0 fully saturated rings. The molecule has 0 aliphatic heterocycles. The summed E-state index contributed by atoms with van der Waals surface area (Å²) in [5, 5.41) is 3.50. The maximum Gasteiger partial charge on any atom is 0.168 e. The summed E-state index contributed by atoms with van der Waals surface area (Å²) in [5.41, 5.74) is 0.676. The minimum Gasteiger partial charge on any atom is -0.361 e. The molecule has 0 bridgehead atoms. The highest BCUT2D eigenvalue weighted by Crippen LogP contribution is 2.20. The van der Waals surface area contributed by atoms with Gasteiger partial charge >= 0.3 is 0 Å². The van der Waals surface area contributed by atoms with Crippen molar-refractivity contribution in [2.45, 2.75) is 12.8 Å². The Morgan fingerprint density at radius 3 is 3.22 bits per heavy atom. The van der Waals surface area contributed by atoms with Crippen LogP contribution in [0.1, 0.15) is 22.5 Å². The van der Waals surface area contributed by atoms with Gasteiger partial charge < -0.3 is 4.52 Å². The van der Waals surface area contributed by atoms with E-state index >= 15 is 0 Å². The average molecular weight is 123 g/mol. The van der Waals surface area contributed by atoms with Crippen molar-refractivity contribution in [1.82, 2.24) is 5.16 Å². The van der Waals surface area contributed by atoms with Crippen molar-refractivity contribution in [2.24, 2.45) is 0 Å². The maximum atomic E-state index is 10.8. The highest BCUT2D eigenvalue weighted by molar-refractivity contribution is 5.99. The van der Waals surface area contributed by atoms with E-state index in [0.717, 1.165) is 12.2 Å². The summed E-state index contributed by atoms with van der Waals surface area (Å²) in [7, 11) is 0. The van der Waals surface area contributed by atoms with Crippen molar-refractivity contribution in [3.05, 3.63) is 17.5 Å². The first kappa shape index (κ1) is 4.73. The minimum absolute atomic E-state index is 0.159. The molecule has 9 heavy (non-hydrogen) atoms. The van der Waals surface area contributed by atoms with E-state index in [1.54, 1.807) is 0 Å². The molecule has 0 saturated carbocycles. The van der Waals surface area contributed by atoms with Gasteiger partial charge in [0.1, 0.15) is 5.76 Å². The Morgan fingerprint density at radius 2 is 2.44 bits per heavy atom. The Bertz CT molecular complexity index is 251. The predicted octanol–water partition coefficient (Wildman–Crippen LogP) is 0.803. The van der Waals surface area contributed by atoms with E-state index in [4.69, 9.17) is 4.52 Å². The van der Waals surface area contributed by atoms with Crippen LogP contribution in [0.5, 0.6) is 0 Å².